The maximum atomic E-state index is 4.60. The zero-order valence-corrected chi connectivity index (χ0v) is 10.0. The average Bonchev–Trinajstić information content (AvgIpc) is 2.83. The molecular formula is C12H13N5. The van der Waals surface area contributed by atoms with Gasteiger partial charge in [0.1, 0.15) is 5.69 Å². The minimum atomic E-state index is 0.795. The first kappa shape index (κ1) is 10.0. The second-order valence-corrected chi connectivity index (χ2v) is 4.26. The molecule has 0 radical (unpaired) electrons. The number of hydrogen-bond donors (Lipinski definition) is 0. The molecule has 0 aliphatic rings. The summed E-state index contributed by atoms with van der Waals surface area (Å²) in [7, 11) is 3.85. The van der Waals surface area contributed by atoms with Gasteiger partial charge in [-0.2, -0.15) is 0 Å². The van der Waals surface area contributed by atoms with Crippen molar-refractivity contribution in [3.8, 4) is 11.5 Å². The van der Waals surface area contributed by atoms with Gasteiger partial charge in [0.05, 0.1) is 17.2 Å². The largest absolute Gasteiger partial charge is 0.326 e. The smallest absolute Gasteiger partial charge is 0.163 e. The SMILES string of the molecule is Cc1ccc2c(c1)nc(-c1cn(C)nn1)n2C. The summed E-state index contributed by atoms with van der Waals surface area (Å²) in [6.07, 6.45) is 1.87. The monoisotopic (exact) mass is 227 g/mol. The highest BCUT2D eigenvalue weighted by Crippen LogP contribution is 2.22. The summed E-state index contributed by atoms with van der Waals surface area (Å²) in [4.78, 5) is 4.60. The van der Waals surface area contributed by atoms with Crippen LogP contribution in [0.25, 0.3) is 22.6 Å². The highest BCUT2D eigenvalue weighted by Gasteiger charge is 2.12. The molecule has 5 nitrogen and oxygen atoms in total. The topological polar surface area (TPSA) is 48.5 Å². The zero-order chi connectivity index (χ0) is 12.0. The van der Waals surface area contributed by atoms with Gasteiger partial charge in [-0.15, -0.1) is 5.10 Å². The summed E-state index contributed by atoms with van der Waals surface area (Å²) in [6.45, 7) is 2.07. The van der Waals surface area contributed by atoms with Gasteiger partial charge in [-0.25, -0.2) is 4.98 Å². The van der Waals surface area contributed by atoms with Gasteiger partial charge in [0.25, 0.3) is 0 Å². The van der Waals surface area contributed by atoms with Gasteiger partial charge in [0.15, 0.2) is 5.82 Å². The minimum absolute atomic E-state index is 0.795. The lowest BCUT2D eigenvalue weighted by atomic mass is 10.2. The van der Waals surface area contributed by atoms with Crippen LogP contribution < -0.4 is 0 Å². The van der Waals surface area contributed by atoms with Crippen molar-refractivity contribution in [2.45, 2.75) is 6.92 Å². The van der Waals surface area contributed by atoms with Crippen LogP contribution in [0.5, 0.6) is 0 Å². The Kier molecular flexibility index (Phi) is 2.01. The van der Waals surface area contributed by atoms with Gasteiger partial charge in [0, 0.05) is 14.1 Å². The number of imidazole rings is 1. The van der Waals surface area contributed by atoms with E-state index >= 15 is 0 Å². The highest BCUT2D eigenvalue weighted by molar-refractivity contribution is 5.80. The standard InChI is InChI=1S/C12H13N5/c1-8-4-5-11-9(6-8)13-12(17(11)3)10-7-16(2)15-14-10/h4-7H,1-3H3. The Morgan fingerprint density at radius 1 is 1.18 bits per heavy atom. The second kappa shape index (κ2) is 3.41. The fourth-order valence-electron chi connectivity index (χ4n) is 1.99. The Hall–Kier alpha value is -2.17. The molecule has 0 saturated heterocycles. The molecule has 0 spiro atoms. The van der Waals surface area contributed by atoms with E-state index in [0.717, 1.165) is 22.6 Å². The number of rotatable bonds is 1. The summed E-state index contributed by atoms with van der Waals surface area (Å²) in [5.74, 6) is 0.846. The lowest BCUT2D eigenvalue weighted by Crippen LogP contribution is -1.92. The molecule has 0 aliphatic heterocycles. The van der Waals surface area contributed by atoms with Crippen LogP contribution >= 0.6 is 0 Å². The van der Waals surface area contributed by atoms with Crippen molar-refractivity contribution >= 4 is 11.0 Å². The number of fused-ring (bicyclic) bond motifs is 1. The van der Waals surface area contributed by atoms with Crippen LogP contribution in [0.4, 0.5) is 0 Å². The summed E-state index contributed by atoms with van der Waals surface area (Å²) in [6, 6.07) is 6.25. The van der Waals surface area contributed by atoms with Crippen LogP contribution in [0, 0.1) is 6.92 Å². The first-order chi connectivity index (χ1) is 8.15. The molecule has 86 valence electrons. The molecule has 0 amide bonds. The van der Waals surface area contributed by atoms with Crippen molar-refractivity contribution in [2.75, 3.05) is 0 Å². The van der Waals surface area contributed by atoms with Crippen LogP contribution in [-0.4, -0.2) is 24.5 Å². The first-order valence-electron chi connectivity index (χ1n) is 5.45. The highest BCUT2D eigenvalue weighted by atomic mass is 15.4. The molecule has 1 aromatic carbocycles. The van der Waals surface area contributed by atoms with Crippen molar-refractivity contribution in [1.82, 2.24) is 24.5 Å². The molecule has 2 heterocycles. The van der Waals surface area contributed by atoms with Crippen LogP contribution in [0.15, 0.2) is 24.4 Å². The molecule has 3 aromatic rings. The number of aryl methyl sites for hydroxylation is 3. The molecule has 0 N–H and O–H groups in total. The summed E-state index contributed by atoms with van der Waals surface area (Å²) in [5, 5.41) is 8.03. The molecular weight excluding hydrogens is 214 g/mol. The molecule has 0 unspecified atom stereocenters. The van der Waals surface area contributed by atoms with E-state index in [1.165, 1.54) is 5.56 Å². The van der Waals surface area contributed by atoms with Crippen molar-refractivity contribution in [1.29, 1.82) is 0 Å². The third kappa shape index (κ3) is 1.51. The minimum Gasteiger partial charge on any atom is -0.326 e. The fraction of sp³-hybridized carbons (Fsp3) is 0.250. The van der Waals surface area contributed by atoms with Crippen LogP contribution in [0.2, 0.25) is 0 Å². The second-order valence-electron chi connectivity index (χ2n) is 4.26. The van der Waals surface area contributed by atoms with E-state index in [4.69, 9.17) is 0 Å². The Balaban J connectivity index is 2.27. The number of aromatic nitrogens is 5. The van der Waals surface area contributed by atoms with E-state index in [0.29, 0.717) is 0 Å². The molecule has 0 saturated carbocycles. The molecule has 0 atom stereocenters. The Morgan fingerprint density at radius 2 is 2.00 bits per heavy atom. The lowest BCUT2D eigenvalue weighted by Gasteiger charge is -1.97. The van der Waals surface area contributed by atoms with Gasteiger partial charge in [-0.3, -0.25) is 4.68 Å². The maximum Gasteiger partial charge on any atom is 0.163 e. The van der Waals surface area contributed by atoms with Crippen LogP contribution in [-0.2, 0) is 14.1 Å². The Labute approximate surface area is 98.7 Å². The quantitative estimate of drug-likeness (QED) is 0.635. The van der Waals surface area contributed by atoms with Crippen molar-refractivity contribution in [3.05, 3.63) is 30.0 Å². The third-order valence-electron chi connectivity index (χ3n) is 2.87. The van der Waals surface area contributed by atoms with Gasteiger partial charge < -0.3 is 4.57 Å². The van der Waals surface area contributed by atoms with E-state index in [1.54, 1.807) is 4.68 Å². The predicted molar refractivity (Wildman–Crippen MR) is 65.4 cm³/mol. The Bertz CT molecular complexity index is 692. The molecule has 3 rings (SSSR count). The van der Waals surface area contributed by atoms with Crippen LogP contribution in [0.1, 0.15) is 5.56 Å². The van der Waals surface area contributed by atoms with Gasteiger partial charge >= 0.3 is 0 Å². The maximum absolute atomic E-state index is 4.60. The summed E-state index contributed by atoms with van der Waals surface area (Å²) < 4.78 is 3.72. The predicted octanol–water partition coefficient (Wildman–Crippen LogP) is 1.68. The van der Waals surface area contributed by atoms with Crippen LogP contribution in [0.3, 0.4) is 0 Å². The molecule has 5 heteroatoms. The average molecular weight is 227 g/mol. The molecule has 17 heavy (non-hydrogen) atoms. The number of benzene rings is 1. The third-order valence-corrected chi connectivity index (χ3v) is 2.87. The van der Waals surface area contributed by atoms with Crippen molar-refractivity contribution in [3.63, 3.8) is 0 Å². The zero-order valence-electron chi connectivity index (χ0n) is 10.0. The molecule has 0 fully saturated rings. The van der Waals surface area contributed by atoms with E-state index in [-0.39, 0.29) is 0 Å². The molecule has 2 aromatic heterocycles. The Morgan fingerprint density at radius 3 is 2.71 bits per heavy atom. The summed E-state index contributed by atoms with van der Waals surface area (Å²) >= 11 is 0. The van der Waals surface area contributed by atoms with Gasteiger partial charge in [0.2, 0.25) is 0 Å². The fourth-order valence-corrected chi connectivity index (χ4v) is 1.99. The first-order valence-corrected chi connectivity index (χ1v) is 5.45. The van der Waals surface area contributed by atoms with Gasteiger partial charge in [-0.1, -0.05) is 11.3 Å². The summed E-state index contributed by atoms with van der Waals surface area (Å²) in [5.41, 5.74) is 4.11. The molecule has 0 aliphatic carbocycles. The normalized spacial score (nSPS) is 11.2. The van der Waals surface area contributed by atoms with Crippen molar-refractivity contribution in [2.24, 2.45) is 14.1 Å². The van der Waals surface area contributed by atoms with E-state index < -0.39 is 0 Å². The number of hydrogen-bond acceptors (Lipinski definition) is 3. The van der Waals surface area contributed by atoms with Crippen molar-refractivity contribution < 1.29 is 0 Å². The lowest BCUT2D eigenvalue weighted by molar-refractivity contribution is 0.715. The van der Waals surface area contributed by atoms with E-state index in [9.17, 15) is 0 Å². The van der Waals surface area contributed by atoms with E-state index in [1.807, 2.05) is 24.9 Å². The number of nitrogens with zero attached hydrogens (tertiary/aromatic N) is 5. The van der Waals surface area contributed by atoms with Gasteiger partial charge in [-0.05, 0) is 24.6 Å². The molecule has 0 bridgehead atoms. The van der Waals surface area contributed by atoms with E-state index in [2.05, 4.69) is 40.4 Å².